The lowest BCUT2D eigenvalue weighted by Crippen LogP contribution is -2.46. The summed E-state index contributed by atoms with van der Waals surface area (Å²) in [6, 6.07) is 14.2. The van der Waals surface area contributed by atoms with Crippen molar-refractivity contribution < 1.29 is 14.0 Å². The molecule has 5 rings (SSSR count). The number of fused-ring (bicyclic) bond motifs is 1. The first-order valence-electron chi connectivity index (χ1n) is 13.4. The van der Waals surface area contributed by atoms with Crippen molar-refractivity contribution in [2.24, 2.45) is 0 Å². The highest BCUT2D eigenvalue weighted by Crippen LogP contribution is 2.39. The highest BCUT2D eigenvalue weighted by molar-refractivity contribution is 5.95. The van der Waals surface area contributed by atoms with Crippen molar-refractivity contribution in [1.29, 1.82) is 0 Å². The molecule has 6 nitrogen and oxygen atoms in total. The molecule has 38 heavy (non-hydrogen) atoms. The monoisotopic (exact) mass is 514 g/mol. The zero-order valence-corrected chi connectivity index (χ0v) is 22.5. The predicted octanol–water partition coefficient (Wildman–Crippen LogP) is 5.67. The second kappa shape index (κ2) is 9.86. The van der Waals surface area contributed by atoms with E-state index in [1.807, 2.05) is 56.0 Å². The number of para-hydroxylation sites is 1. The largest absolute Gasteiger partial charge is 0.371 e. The number of hydrogen-bond acceptors (Lipinski definition) is 4. The number of benzene rings is 2. The predicted molar refractivity (Wildman–Crippen MR) is 148 cm³/mol. The zero-order valence-electron chi connectivity index (χ0n) is 22.5. The normalized spacial score (nSPS) is 20.7. The van der Waals surface area contributed by atoms with Gasteiger partial charge in [0.1, 0.15) is 11.4 Å². The van der Waals surface area contributed by atoms with Crippen LogP contribution in [0, 0.1) is 12.7 Å². The van der Waals surface area contributed by atoms with E-state index in [2.05, 4.69) is 22.2 Å². The maximum Gasteiger partial charge on any atom is 0.254 e. The van der Waals surface area contributed by atoms with Gasteiger partial charge in [0.15, 0.2) is 0 Å². The minimum absolute atomic E-state index is 0.143. The minimum Gasteiger partial charge on any atom is -0.371 e. The van der Waals surface area contributed by atoms with Gasteiger partial charge in [-0.15, -0.1) is 0 Å². The topological polar surface area (TPSA) is 74.3 Å². The van der Waals surface area contributed by atoms with Crippen LogP contribution in [0.4, 0.5) is 4.39 Å². The van der Waals surface area contributed by atoms with E-state index in [4.69, 9.17) is 0 Å². The SMILES string of the molecule is C=C(NC1(C(=O)N[C@H](C)c2ccc(C(=O)N3C(C)CCC3C)cc2F)CC1)c1cc2ccccc2nc1C. The van der Waals surface area contributed by atoms with Gasteiger partial charge in [-0.1, -0.05) is 30.8 Å². The fraction of sp³-hybridized carbons (Fsp3) is 0.387. The van der Waals surface area contributed by atoms with E-state index in [0.717, 1.165) is 35.0 Å². The van der Waals surface area contributed by atoms with Crippen LogP contribution >= 0.6 is 0 Å². The Balaban J connectivity index is 1.27. The molecule has 2 aliphatic rings. The summed E-state index contributed by atoms with van der Waals surface area (Å²) in [4.78, 5) is 32.8. The average molecular weight is 515 g/mol. The van der Waals surface area contributed by atoms with Crippen molar-refractivity contribution in [3.63, 3.8) is 0 Å². The number of aromatic nitrogens is 1. The fourth-order valence-corrected chi connectivity index (χ4v) is 5.58. The summed E-state index contributed by atoms with van der Waals surface area (Å²) in [7, 11) is 0. The molecule has 3 aromatic rings. The number of hydrogen-bond donors (Lipinski definition) is 2. The summed E-state index contributed by atoms with van der Waals surface area (Å²) in [5.74, 6) is -0.845. The number of nitrogens with zero attached hydrogens (tertiary/aromatic N) is 2. The van der Waals surface area contributed by atoms with Crippen LogP contribution in [0.1, 0.15) is 79.7 Å². The fourth-order valence-electron chi connectivity index (χ4n) is 5.58. The van der Waals surface area contributed by atoms with Crippen LogP contribution in [0.2, 0.25) is 0 Å². The summed E-state index contributed by atoms with van der Waals surface area (Å²) >= 11 is 0. The Labute approximate surface area is 223 Å². The third-order valence-corrected chi connectivity index (χ3v) is 8.06. The van der Waals surface area contributed by atoms with Gasteiger partial charge in [0.25, 0.3) is 5.91 Å². The molecule has 1 aliphatic carbocycles. The van der Waals surface area contributed by atoms with Gasteiger partial charge in [-0.05, 0) is 77.6 Å². The van der Waals surface area contributed by atoms with Gasteiger partial charge >= 0.3 is 0 Å². The van der Waals surface area contributed by atoms with Crippen molar-refractivity contribution in [2.75, 3.05) is 0 Å². The summed E-state index contributed by atoms with van der Waals surface area (Å²) < 4.78 is 15.1. The molecule has 2 heterocycles. The van der Waals surface area contributed by atoms with Crippen LogP contribution in [0.25, 0.3) is 16.6 Å². The van der Waals surface area contributed by atoms with Crippen molar-refractivity contribution in [3.05, 3.63) is 83.3 Å². The van der Waals surface area contributed by atoms with Crippen LogP contribution in [-0.4, -0.2) is 39.3 Å². The van der Waals surface area contributed by atoms with Gasteiger partial charge in [-0.2, -0.15) is 0 Å². The maximum absolute atomic E-state index is 15.1. The highest BCUT2D eigenvalue weighted by Gasteiger charge is 2.50. The molecule has 7 heteroatoms. The van der Waals surface area contributed by atoms with E-state index in [9.17, 15) is 9.59 Å². The molecule has 3 atom stereocenters. The number of carbonyl (C=O) groups is 2. The number of rotatable bonds is 7. The Bertz CT molecular complexity index is 1420. The van der Waals surface area contributed by atoms with Gasteiger partial charge in [-0.25, -0.2) is 4.39 Å². The molecule has 0 spiro atoms. The van der Waals surface area contributed by atoms with E-state index in [1.165, 1.54) is 6.07 Å². The molecule has 1 saturated carbocycles. The summed E-state index contributed by atoms with van der Waals surface area (Å²) in [6.07, 6.45) is 3.23. The van der Waals surface area contributed by atoms with Gasteiger partial charge in [0.2, 0.25) is 5.91 Å². The number of amides is 2. The number of nitrogens with one attached hydrogen (secondary N) is 2. The maximum atomic E-state index is 15.1. The van der Waals surface area contributed by atoms with E-state index in [-0.39, 0.29) is 23.9 Å². The van der Waals surface area contributed by atoms with Gasteiger partial charge in [0, 0.05) is 45.6 Å². The molecule has 2 fully saturated rings. The van der Waals surface area contributed by atoms with Crippen molar-refractivity contribution in [1.82, 2.24) is 20.5 Å². The standard InChI is InChI=1S/C31H35FN4O2/c1-18-10-11-19(2)36(18)29(37)24-12-13-25(27(32)17-24)20(3)34-30(38)31(14-15-31)35-22(5)26-16-23-8-6-7-9-28(23)33-21(26)4/h6-9,12-13,16-20,35H,5,10-11,14-15H2,1-4H3,(H,34,38)/t18?,19?,20-/m1/s1. The number of pyridine rings is 1. The molecule has 1 aliphatic heterocycles. The summed E-state index contributed by atoms with van der Waals surface area (Å²) in [6.45, 7) is 11.9. The molecular weight excluding hydrogens is 479 g/mol. The second-order valence-corrected chi connectivity index (χ2v) is 10.9. The number of aryl methyl sites for hydroxylation is 1. The summed E-state index contributed by atoms with van der Waals surface area (Å²) in [5.41, 5.74) is 3.15. The van der Waals surface area contributed by atoms with Gasteiger partial charge in [0.05, 0.1) is 11.6 Å². The highest BCUT2D eigenvalue weighted by atomic mass is 19.1. The molecule has 1 aromatic heterocycles. The molecule has 2 unspecified atom stereocenters. The average Bonchev–Trinajstić information content (AvgIpc) is 3.59. The van der Waals surface area contributed by atoms with Gasteiger partial charge < -0.3 is 15.5 Å². The molecule has 1 saturated heterocycles. The van der Waals surface area contributed by atoms with Gasteiger partial charge in [-0.3, -0.25) is 14.6 Å². The Morgan fingerprint density at radius 3 is 2.45 bits per heavy atom. The molecule has 198 valence electrons. The van der Waals surface area contributed by atoms with Crippen molar-refractivity contribution in [3.8, 4) is 0 Å². The zero-order chi connectivity index (χ0) is 27.2. The molecular formula is C31H35FN4O2. The molecule has 2 N–H and O–H groups in total. The number of halogens is 1. The third-order valence-electron chi connectivity index (χ3n) is 8.06. The smallest absolute Gasteiger partial charge is 0.254 e. The summed E-state index contributed by atoms with van der Waals surface area (Å²) in [5, 5.41) is 7.30. The first kappa shape index (κ1) is 25.9. The first-order chi connectivity index (χ1) is 18.1. The molecule has 0 radical (unpaired) electrons. The Morgan fingerprint density at radius 1 is 1.11 bits per heavy atom. The molecule has 0 bridgehead atoms. The van der Waals surface area contributed by atoms with Crippen molar-refractivity contribution in [2.45, 2.75) is 77.0 Å². The quantitative estimate of drug-likeness (QED) is 0.426. The lowest BCUT2D eigenvalue weighted by molar-refractivity contribution is -0.124. The number of carbonyl (C=O) groups excluding carboxylic acids is 2. The van der Waals surface area contributed by atoms with E-state index >= 15 is 4.39 Å². The third kappa shape index (κ3) is 4.77. The Morgan fingerprint density at radius 2 is 1.79 bits per heavy atom. The molecule has 2 amide bonds. The van der Waals surface area contributed by atoms with Crippen LogP contribution in [0.15, 0.2) is 55.1 Å². The first-order valence-corrected chi connectivity index (χ1v) is 13.4. The van der Waals surface area contributed by atoms with Crippen molar-refractivity contribution >= 4 is 28.4 Å². The van der Waals surface area contributed by atoms with E-state index in [1.54, 1.807) is 19.1 Å². The minimum atomic E-state index is -0.780. The second-order valence-electron chi connectivity index (χ2n) is 10.9. The van der Waals surface area contributed by atoms with Crippen LogP contribution < -0.4 is 10.6 Å². The van der Waals surface area contributed by atoms with Crippen LogP contribution in [0.5, 0.6) is 0 Å². The lowest BCUT2D eigenvalue weighted by atomic mass is 10.0. The van der Waals surface area contributed by atoms with E-state index in [0.29, 0.717) is 29.7 Å². The Kier molecular flexibility index (Phi) is 6.72. The number of likely N-dealkylation sites (tertiary alicyclic amines) is 1. The Hall–Kier alpha value is -3.74. The molecule has 2 aromatic carbocycles. The lowest BCUT2D eigenvalue weighted by Gasteiger charge is -2.27. The van der Waals surface area contributed by atoms with Crippen LogP contribution in [0.3, 0.4) is 0 Å². The van der Waals surface area contributed by atoms with Crippen LogP contribution in [-0.2, 0) is 4.79 Å². The van der Waals surface area contributed by atoms with E-state index < -0.39 is 17.4 Å².